The summed E-state index contributed by atoms with van der Waals surface area (Å²) in [7, 11) is 1.60. The van der Waals surface area contributed by atoms with Gasteiger partial charge in [-0.3, -0.25) is 0 Å². The molecule has 0 aromatic carbocycles. The molecule has 0 saturated carbocycles. The fraction of sp³-hybridized carbons (Fsp3) is 0.545. The smallest absolute Gasteiger partial charge is 0.371 e. The first-order valence-corrected chi connectivity index (χ1v) is 6.83. The van der Waals surface area contributed by atoms with Crippen LogP contribution in [0.2, 0.25) is 5.15 Å². The highest BCUT2D eigenvalue weighted by atomic mass is 35.5. The maximum atomic E-state index is 13.2. The van der Waals surface area contributed by atoms with E-state index < -0.39 is 30.5 Å². The lowest BCUT2D eigenvalue weighted by Gasteiger charge is -2.28. The van der Waals surface area contributed by atoms with Gasteiger partial charge in [-0.2, -0.15) is 22.0 Å². The second-order valence-electron chi connectivity index (χ2n) is 4.53. The van der Waals surface area contributed by atoms with E-state index in [4.69, 9.17) is 11.6 Å². The van der Waals surface area contributed by atoms with Gasteiger partial charge in [-0.25, -0.2) is 4.98 Å². The van der Waals surface area contributed by atoms with Gasteiger partial charge in [-0.05, 0) is 6.20 Å². The third kappa shape index (κ3) is 2.90. The van der Waals surface area contributed by atoms with Crippen LogP contribution in [0, 0.1) is 5.92 Å². The fourth-order valence-electron chi connectivity index (χ4n) is 2.10. The lowest BCUT2D eigenvalue weighted by molar-refractivity contribution is -0.287. The Morgan fingerprint density at radius 3 is 2.50 bits per heavy atom. The van der Waals surface area contributed by atoms with Crippen molar-refractivity contribution >= 4 is 22.9 Å². The first kappa shape index (κ1) is 15.5. The van der Waals surface area contributed by atoms with Crippen LogP contribution in [0.15, 0.2) is 17.7 Å². The predicted molar refractivity (Wildman–Crippen MR) is 65.9 cm³/mol. The van der Waals surface area contributed by atoms with Crippen LogP contribution >= 0.6 is 22.9 Å². The summed E-state index contributed by atoms with van der Waals surface area (Å²) in [4.78, 5) is 5.52. The minimum absolute atomic E-state index is 0.201. The highest BCUT2D eigenvalue weighted by Gasteiger charge is 2.58. The van der Waals surface area contributed by atoms with E-state index in [1.165, 1.54) is 17.7 Å². The van der Waals surface area contributed by atoms with E-state index in [1.807, 2.05) is 0 Å². The number of hydrogen-bond acceptors (Lipinski definition) is 3. The number of alkyl halides is 5. The van der Waals surface area contributed by atoms with Crippen molar-refractivity contribution in [3.8, 4) is 0 Å². The van der Waals surface area contributed by atoms with Crippen molar-refractivity contribution in [1.82, 2.24) is 9.88 Å². The lowest BCUT2D eigenvalue weighted by atomic mass is 9.94. The molecule has 0 amide bonds. The second kappa shape index (κ2) is 5.14. The molecule has 2 rings (SSSR count). The molecule has 2 heterocycles. The van der Waals surface area contributed by atoms with Crippen molar-refractivity contribution in [2.24, 2.45) is 5.92 Å². The molecule has 0 aliphatic carbocycles. The number of halogens is 6. The Balaban J connectivity index is 2.21. The fourth-order valence-corrected chi connectivity index (χ4v) is 3.27. The summed E-state index contributed by atoms with van der Waals surface area (Å²) in [5.74, 6) is -5.70. The normalized spacial score (nSPS) is 23.6. The summed E-state index contributed by atoms with van der Waals surface area (Å²) in [6.07, 6.45) is -4.02. The second-order valence-corrected chi connectivity index (χ2v) is 5.81. The van der Waals surface area contributed by atoms with E-state index in [-0.39, 0.29) is 5.15 Å². The SMILES string of the molecule is CN1C=CC(CC(F)(F)C(F)(F)F)C1c1nc(Cl)cs1. The number of aromatic nitrogens is 1. The van der Waals surface area contributed by atoms with Crippen LogP contribution < -0.4 is 0 Å². The van der Waals surface area contributed by atoms with E-state index in [0.717, 1.165) is 11.3 Å². The molecule has 0 fully saturated rings. The van der Waals surface area contributed by atoms with Crippen LogP contribution in [0.3, 0.4) is 0 Å². The van der Waals surface area contributed by atoms with E-state index in [0.29, 0.717) is 5.01 Å². The summed E-state index contributed by atoms with van der Waals surface area (Å²) < 4.78 is 63.3. The molecule has 2 atom stereocenters. The number of hydrogen-bond donors (Lipinski definition) is 0. The summed E-state index contributed by atoms with van der Waals surface area (Å²) in [6, 6.07) is -0.652. The van der Waals surface area contributed by atoms with Crippen molar-refractivity contribution in [1.29, 1.82) is 0 Å². The van der Waals surface area contributed by atoms with Gasteiger partial charge in [-0.15, -0.1) is 11.3 Å². The standard InChI is InChI=1S/C11H10ClF5N2S/c1-19-3-2-6(4-10(13,14)11(15,16)17)8(19)9-18-7(12)5-20-9/h2-3,5-6,8H,4H2,1H3. The van der Waals surface area contributed by atoms with Crippen molar-refractivity contribution in [3.05, 3.63) is 27.8 Å². The number of rotatable bonds is 3. The predicted octanol–water partition coefficient (Wildman–Crippen LogP) is 4.50. The molecule has 0 saturated heterocycles. The van der Waals surface area contributed by atoms with Gasteiger partial charge in [0.2, 0.25) is 0 Å². The molecule has 0 bridgehead atoms. The van der Waals surface area contributed by atoms with Crippen LogP contribution in [0.25, 0.3) is 0 Å². The Morgan fingerprint density at radius 1 is 1.35 bits per heavy atom. The maximum Gasteiger partial charge on any atom is 0.453 e. The summed E-state index contributed by atoms with van der Waals surface area (Å²) in [5, 5.41) is 2.14. The van der Waals surface area contributed by atoms with E-state index in [9.17, 15) is 22.0 Å². The first-order valence-electron chi connectivity index (χ1n) is 5.57. The number of thiazole rings is 1. The third-order valence-corrected chi connectivity index (χ3v) is 4.30. The Kier molecular flexibility index (Phi) is 3.98. The van der Waals surface area contributed by atoms with Gasteiger partial charge in [-0.1, -0.05) is 17.7 Å². The highest BCUT2D eigenvalue weighted by molar-refractivity contribution is 7.10. The van der Waals surface area contributed by atoms with Crippen LogP contribution in [0.5, 0.6) is 0 Å². The Bertz CT molecular complexity index is 513. The summed E-state index contributed by atoms with van der Waals surface area (Å²) in [6.45, 7) is 0. The van der Waals surface area contributed by atoms with Crippen LogP contribution in [0.1, 0.15) is 17.5 Å². The zero-order valence-corrected chi connectivity index (χ0v) is 11.7. The molecule has 1 aliphatic heterocycles. The van der Waals surface area contributed by atoms with Crippen LogP contribution in [-0.4, -0.2) is 29.0 Å². The average molecular weight is 333 g/mol. The van der Waals surface area contributed by atoms with Gasteiger partial charge in [0.05, 0.1) is 6.04 Å². The number of nitrogens with zero attached hydrogens (tertiary/aromatic N) is 2. The quantitative estimate of drug-likeness (QED) is 0.758. The molecule has 2 nitrogen and oxygen atoms in total. The zero-order valence-electron chi connectivity index (χ0n) is 10.2. The molecule has 0 N–H and O–H groups in total. The van der Waals surface area contributed by atoms with Crippen molar-refractivity contribution in [2.45, 2.75) is 24.6 Å². The molecular weight excluding hydrogens is 323 g/mol. The van der Waals surface area contributed by atoms with Gasteiger partial charge >= 0.3 is 12.1 Å². The third-order valence-electron chi connectivity index (χ3n) is 3.07. The first-order chi connectivity index (χ1) is 9.12. The van der Waals surface area contributed by atoms with Gasteiger partial charge in [0.25, 0.3) is 0 Å². The van der Waals surface area contributed by atoms with Crippen molar-refractivity contribution < 1.29 is 22.0 Å². The van der Waals surface area contributed by atoms with Crippen molar-refractivity contribution in [3.63, 3.8) is 0 Å². The Hall–Kier alpha value is -0.890. The molecule has 2 unspecified atom stereocenters. The van der Waals surface area contributed by atoms with Crippen molar-refractivity contribution in [2.75, 3.05) is 7.05 Å². The molecule has 0 radical (unpaired) electrons. The Morgan fingerprint density at radius 2 is 2.00 bits per heavy atom. The minimum atomic E-state index is -5.55. The van der Waals surface area contributed by atoms with Gasteiger partial charge < -0.3 is 4.90 Å². The van der Waals surface area contributed by atoms with Crippen LogP contribution in [-0.2, 0) is 0 Å². The zero-order chi connectivity index (χ0) is 15.1. The molecule has 20 heavy (non-hydrogen) atoms. The van der Waals surface area contributed by atoms with E-state index in [1.54, 1.807) is 11.9 Å². The lowest BCUT2D eigenvalue weighted by Crippen LogP contribution is -2.39. The Labute approximate surface area is 120 Å². The molecule has 1 aliphatic rings. The molecule has 1 aromatic rings. The van der Waals surface area contributed by atoms with Crippen LogP contribution in [0.4, 0.5) is 22.0 Å². The van der Waals surface area contributed by atoms with Gasteiger partial charge in [0.15, 0.2) is 0 Å². The largest absolute Gasteiger partial charge is 0.453 e. The molecular formula is C11H10ClF5N2S. The van der Waals surface area contributed by atoms with Gasteiger partial charge in [0, 0.05) is 24.8 Å². The van der Waals surface area contributed by atoms with E-state index in [2.05, 4.69) is 4.98 Å². The molecule has 9 heteroatoms. The highest BCUT2D eigenvalue weighted by Crippen LogP contribution is 2.46. The summed E-state index contributed by atoms with van der Waals surface area (Å²) >= 11 is 6.81. The molecule has 0 spiro atoms. The van der Waals surface area contributed by atoms with E-state index >= 15 is 0 Å². The molecule has 112 valence electrons. The maximum absolute atomic E-state index is 13.2. The molecule has 1 aromatic heterocycles. The summed E-state index contributed by atoms with van der Waals surface area (Å²) in [5.41, 5.74) is 0. The topological polar surface area (TPSA) is 16.1 Å². The monoisotopic (exact) mass is 332 g/mol. The average Bonchev–Trinajstić information content (AvgIpc) is 2.83. The minimum Gasteiger partial charge on any atom is -0.371 e. The van der Waals surface area contributed by atoms with Gasteiger partial charge in [0.1, 0.15) is 10.2 Å².